The Morgan fingerprint density at radius 3 is 2.74 bits per heavy atom. The van der Waals surface area contributed by atoms with Crippen LogP contribution in [0.25, 0.3) is 10.8 Å². The van der Waals surface area contributed by atoms with E-state index in [4.69, 9.17) is 9.84 Å². The molecule has 0 saturated carbocycles. The normalized spacial score (nSPS) is 12.3. The fourth-order valence-corrected chi connectivity index (χ4v) is 1.91. The number of hydrogen-bond acceptors (Lipinski definition) is 3. The highest BCUT2D eigenvalue weighted by molar-refractivity contribution is 5.87. The lowest BCUT2D eigenvalue weighted by Crippen LogP contribution is -2.26. The van der Waals surface area contributed by atoms with E-state index in [2.05, 4.69) is 0 Å². The zero-order chi connectivity index (χ0) is 14.0. The van der Waals surface area contributed by atoms with Crippen LogP contribution in [0.5, 0.6) is 5.75 Å². The Morgan fingerprint density at radius 2 is 2.11 bits per heavy atom. The zero-order valence-corrected chi connectivity index (χ0v) is 10.8. The molecule has 5 heteroatoms. The molecule has 2 rings (SSSR count). The van der Waals surface area contributed by atoms with Crippen LogP contribution in [0.4, 0.5) is 0 Å². The second-order valence-electron chi connectivity index (χ2n) is 4.30. The van der Waals surface area contributed by atoms with Gasteiger partial charge in [0.25, 0.3) is 5.56 Å². The number of aliphatic carboxylic acids is 1. The first-order valence-electron chi connectivity index (χ1n) is 6.02. The Labute approximate surface area is 110 Å². The molecule has 0 spiro atoms. The number of aryl methyl sites for hydroxylation is 1. The van der Waals surface area contributed by atoms with Crippen molar-refractivity contribution in [2.24, 2.45) is 7.05 Å². The van der Waals surface area contributed by atoms with Gasteiger partial charge in [-0.15, -0.1) is 0 Å². The number of carboxylic acids is 1. The monoisotopic (exact) mass is 261 g/mol. The van der Waals surface area contributed by atoms with E-state index < -0.39 is 12.1 Å². The van der Waals surface area contributed by atoms with E-state index in [9.17, 15) is 9.59 Å². The first-order valence-corrected chi connectivity index (χ1v) is 6.02. The highest BCUT2D eigenvalue weighted by Crippen LogP contribution is 2.24. The van der Waals surface area contributed by atoms with Crippen LogP contribution in [0.2, 0.25) is 0 Å². The third kappa shape index (κ3) is 2.45. The lowest BCUT2D eigenvalue weighted by Gasteiger charge is -2.15. The van der Waals surface area contributed by atoms with E-state index in [-0.39, 0.29) is 5.56 Å². The maximum Gasteiger partial charge on any atom is 0.344 e. The molecule has 1 atom stereocenters. The molecule has 1 aromatic heterocycles. The maximum absolute atomic E-state index is 12.0. The van der Waals surface area contributed by atoms with E-state index in [0.29, 0.717) is 22.9 Å². The molecule has 100 valence electrons. The Hall–Kier alpha value is -2.30. The van der Waals surface area contributed by atoms with Crippen molar-refractivity contribution >= 4 is 16.7 Å². The van der Waals surface area contributed by atoms with Gasteiger partial charge in [0.2, 0.25) is 0 Å². The molecule has 0 saturated heterocycles. The molecular weight excluding hydrogens is 246 g/mol. The summed E-state index contributed by atoms with van der Waals surface area (Å²) in [4.78, 5) is 23.0. The van der Waals surface area contributed by atoms with E-state index in [1.165, 1.54) is 4.57 Å². The number of nitrogens with zero attached hydrogens (tertiary/aromatic N) is 1. The van der Waals surface area contributed by atoms with Crippen LogP contribution < -0.4 is 10.3 Å². The summed E-state index contributed by atoms with van der Waals surface area (Å²) in [5, 5.41) is 10.2. The molecule has 0 aliphatic rings. The molecule has 0 aliphatic heterocycles. The fourth-order valence-electron chi connectivity index (χ4n) is 1.91. The van der Waals surface area contributed by atoms with Crippen molar-refractivity contribution in [2.45, 2.75) is 19.4 Å². The number of hydrogen-bond donors (Lipinski definition) is 1. The summed E-state index contributed by atoms with van der Waals surface area (Å²) in [7, 11) is 1.67. The Morgan fingerprint density at radius 1 is 1.37 bits per heavy atom. The number of ether oxygens (including phenoxy) is 1. The lowest BCUT2D eigenvalue weighted by molar-refractivity contribution is -0.145. The van der Waals surface area contributed by atoms with Gasteiger partial charge in [0.1, 0.15) is 5.75 Å². The Bertz CT molecular complexity index is 675. The van der Waals surface area contributed by atoms with E-state index in [1.807, 2.05) is 0 Å². The summed E-state index contributed by atoms with van der Waals surface area (Å²) in [6.45, 7) is 1.74. The van der Waals surface area contributed by atoms with Crippen molar-refractivity contribution < 1.29 is 14.6 Å². The van der Waals surface area contributed by atoms with Crippen LogP contribution in [0.3, 0.4) is 0 Å². The first-order chi connectivity index (χ1) is 9.04. The van der Waals surface area contributed by atoms with Crippen LogP contribution in [0.1, 0.15) is 13.3 Å². The molecule has 1 N–H and O–H groups in total. The average molecular weight is 261 g/mol. The zero-order valence-electron chi connectivity index (χ0n) is 10.8. The van der Waals surface area contributed by atoms with Gasteiger partial charge in [0, 0.05) is 18.6 Å². The number of fused-ring (bicyclic) bond motifs is 1. The topological polar surface area (TPSA) is 68.5 Å². The van der Waals surface area contributed by atoms with Crippen LogP contribution >= 0.6 is 0 Å². The number of carbonyl (C=O) groups is 1. The molecule has 19 heavy (non-hydrogen) atoms. The number of benzene rings is 1. The van der Waals surface area contributed by atoms with Gasteiger partial charge in [-0.2, -0.15) is 0 Å². The second kappa shape index (κ2) is 5.14. The van der Waals surface area contributed by atoms with Crippen molar-refractivity contribution in [1.82, 2.24) is 4.57 Å². The lowest BCUT2D eigenvalue weighted by atomic mass is 10.1. The molecule has 1 aromatic carbocycles. The predicted molar refractivity (Wildman–Crippen MR) is 71.5 cm³/mol. The van der Waals surface area contributed by atoms with Crippen LogP contribution in [0, 0.1) is 0 Å². The van der Waals surface area contributed by atoms with Crippen molar-refractivity contribution in [3.05, 3.63) is 40.8 Å². The van der Waals surface area contributed by atoms with E-state index >= 15 is 0 Å². The quantitative estimate of drug-likeness (QED) is 0.910. The Balaban J connectivity index is 2.53. The molecular formula is C14H15NO4. The molecule has 0 aliphatic carbocycles. The van der Waals surface area contributed by atoms with Gasteiger partial charge >= 0.3 is 5.97 Å². The number of aromatic nitrogens is 1. The molecule has 1 unspecified atom stereocenters. The number of pyridine rings is 1. The minimum Gasteiger partial charge on any atom is -0.479 e. The van der Waals surface area contributed by atoms with Gasteiger partial charge in [0.05, 0.1) is 5.39 Å². The van der Waals surface area contributed by atoms with Gasteiger partial charge in [-0.05, 0) is 24.6 Å². The first kappa shape index (κ1) is 13.1. The smallest absolute Gasteiger partial charge is 0.344 e. The minimum atomic E-state index is -1.01. The molecule has 5 nitrogen and oxygen atoms in total. The van der Waals surface area contributed by atoms with Crippen molar-refractivity contribution in [2.75, 3.05) is 0 Å². The van der Waals surface area contributed by atoms with Crippen molar-refractivity contribution in [3.63, 3.8) is 0 Å². The predicted octanol–water partition coefficient (Wildman–Crippen LogP) is 1.78. The van der Waals surface area contributed by atoms with Gasteiger partial charge in [-0.1, -0.05) is 13.0 Å². The minimum absolute atomic E-state index is 0.133. The third-order valence-electron chi connectivity index (χ3n) is 3.00. The van der Waals surface area contributed by atoms with Gasteiger partial charge in [-0.25, -0.2) is 4.79 Å². The highest BCUT2D eigenvalue weighted by atomic mass is 16.5. The van der Waals surface area contributed by atoms with Gasteiger partial charge < -0.3 is 14.4 Å². The molecule has 0 amide bonds. The largest absolute Gasteiger partial charge is 0.479 e. The van der Waals surface area contributed by atoms with Crippen LogP contribution in [-0.4, -0.2) is 21.7 Å². The van der Waals surface area contributed by atoms with Gasteiger partial charge in [0.15, 0.2) is 6.10 Å². The summed E-state index contributed by atoms with van der Waals surface area (Å²) in [6.07, 6.45) is 1.09. The number of rotatable bonds is 4. The molecule has 0 radical (unpaired) electrons. The third-order valence-corrected chi connectivity index (χ3v) is 3.00. The van der Waals surface area contributed by atoms with Crippen molar-refractivity contribution in [1.29, 1.82) is 0 Å². The highest BCUT2D eigenvalue weighted by Gasteiger charge is 2.18. The molecule has 0 fully saturated rings. The molecule has 1 heterocycles. The van der Waals surface area contributed by atoms with Crippen LogP contribution in [0.15, 0.2) is 35.3 Å². The molecule has 0 bridgehead atoms. The summed E-state index contributed by atoms with van der Waals surface area (Å²) >= 11 is 0. The second-order valence-corrected chi connectivity index (χ2v) is 4.30. The molecule has 2 aromatic rings. The Kier molecular flexibility index (Phi) is 3.55. The average Bonchev–Trinajstić information content (AvgIpc) is 2.40. The van der Waals surface area contributed by atoms with E-state index in [0.717, 1.165) is 0 Å². The summed E-state index contributed by atoms with van der Waals surface area (Å²) in [5.41, 5.74) is -0.133. The summed E-state index contributed by atoms with van der Waals surface area (Å²) in [5.74, 6) is -0.590. The summed E-state index contributed by atoms with van der Waals surface area (Å²) in [6, 6.07) is 6.81. The van der Waals surface area contributed by atoms with Gasteiger partial charge in [-0.3, -0.25) is 4.79 Å². The standard InChI is InChI=1S/C14H15NO4/c1-3-11(14(17)18)19-12-6-4-5-10-9(12)7-8-15(2)13(10)16/h4-8,11H,3H2,1-2H3,(H,17,18). The fraction of sp³-hybridized carbons (Fsp3) is 0.286. The van der Waals surface area contributed by atoms with E-state index in [1.54, 1.807) is 44.4 Å². The summed E-state index contributed by atoms with van der Waals surface area (Å²) < 4.78 is 6.96. The van der Waals surface area contributed by atoms with Crippen molar-refractivity contribution in [3.8, 4) is 5.75 Å². The maximum atomic E-state index is 12.0. The van der Waals surface area contributed by atoms with Crippen LogP contribution in [-0.2, 0) is 11.8 Å². The SMILES string of the molecule is CCC(Oc1cccc2c(=O)n(C)ccc12)C(=O)O. The number of carboxylic acid groups (broad SMARTS) is 1.